The Kier molecular flexibility index (Phi) is 2.36. The topological polar surface area (TPSA) is 41.6 Å². The van der Waals surface area contributed by atoms with E-state index in [4.69, 9.17) is 4.74 Å². The molecule has 4 nitrogen and oxygen atoms in total. The Bertz CT molecular complexity index is 531. The molecule has 1 N–H and O–H groups in total. The first kappa shape index (κ1) is 11.3. The number of nitrogens with zero attached hydrogens (tertiary/aromatic N) is 1. The van der Waals surface area contributed by atoms with Crippen LogP contribution in [0.3, 0.4) is 0 Å². The summed E-state index contributed by atoms with van der Waals surface area (Å²) in [6.45, 7) is 2.81. The number of piperidine rings is 1. The number of amides is 1. The van der Waals surface area contributed by atoms with Crippen molar-refractivity contribution in [2.75, 3.05) is 19.6 Å². The molecule has 2 saturated heterocycles. The first-order valence-corrected chi connectivity index (χ1v) is 7.05. The molecule has 2 fully saturated rings. The molecule has 0 radical (unpaired) electrons. The lowest BCUT2D eigenvalue weighted by molar-refractivity contribution is -0.0295. The molecule has 0 aromatic heterocycles. The summed E-state index contributed by atoms with van der Waals surface area (Å²) in [5.74, 6) is 0. The van der Waals surface area contributed by atoms with Gasteiger partial charge in [-0.1, -0.05) is 24.3 Å². The molecular weight excluding hydrogens is 240 g/mol. The molecule has 0 bridgehead atoms. The van der Waals surface area contributed by atoms with E-state index in [0.29, 0.717) is 12.6 Å². The minimum atomic E-state index is -0.275. The standard InChI is InChI=1S/C15H18N2O2/c18-14-16-10-15(19-14)6-8-17-7-5-11-3-1-2-4-12(11)13(17)9-15/h1-4,13H,5-10H2,(H,16,18)/t13-,15-/m0/s1. The van der Waals surface area contributed by atoms with Gasteiger partial charge in [0.05, 0.1) is 6.54 Å². The minimum absolute atomic E-state index is 0.252. The molecule has 3 aliphatic heterocycles. The summed E-state index contributed by atoms with van der Waals surface area (Å²) in [5.41, 5.74) is 2.61. The number of carbonyl (C=O) groups is 1. The SMILES string of the molecule is O=C1NC[C@@]2(CCN3CCc4ccccc4[C@@H]3C2)O1. The Morgan fingerprint density at radius 3 is 3.05 bits per heavy atom. The molecule has 2 atom stereocenters. The maximum atomic E-state index is 11.4. The van der Waals surface area contributed by atoms with Crippen LogP contribution in [0.2, 0.25) is 0 Å². The van der Waals surface area contributed by atoms with Gasteiger partial charge < -0.3 is 10.1 Å². The lowest BCUT2D eigenvalue weighted by Crippen LogP contribution is -2.50. The van der Waals surface area contributed by atoms with Crippen LogP contribution in [0.5, 0.6) is 0 Å². The van der Waals surface area contributed by atoms with Crippen LogP contribution in [0, 0.1) is 0 Å². The number of benzene rings is 1. The average molecular weight is 258 g/mol. The molecule has 4 rings (SSSR count). The maximum absolute atomic E-state index is 11.4. The van der Waals surface area contributed by atoms with Crippen LogP contribution in [0.15, 0.2) is 24.3 Å². The van der Waals surface area contributed by atoms with Crippen LogP contribution in [0.4, 0.5) is 4.79 Å². The third-order valence-corrected chi connectivity index (χ3v) is 4.81. The molecule has 100 valence electrons. The molecule has 3 aliphatic rings. The number of rotatable bonds is 0. The van der Waals surface area contributed by atoms with Crippen molar-refractivity contribution in [3.8, 4) is 0 Å². The molecule has 4 heteroatoms. The summed E-state index contributed by atoms with van der Waals surface area (Å²) in [4.78, 5) is 13.9. The molecule has 3 heterocycles. The summed E-state index contributed by atoms with van der Waals surface area (Å²) in [5, 5.41) is 2.82. The van der Waals surface area contributed by atoms with Gasteiger partial charge in [-0.15, -0.1) is 0 Å². The Labute approximate surface area is 112 Å². The molecule has 0 saturated carbocycles. The summed E-state index contributed by atoms with van der Waals surface area (Å²) in [7, 11) is 0. The van der Waals surface area contributed by atoms with Gasteiger partial charge in [0.2, 0.25) is 0 Å². The van der Waals surface area contributed by atoms with Gasteiger partial charge in [-0.2, -0.15) is 0 Å². The smallest absolute Gasteiger partial charge is 0.407 e. The minimum Gasteiger partial charge on any atom is -0.441 e. The second kappa shape index (κ2) is 3.97. The van der Waals surface area contributed by atoms with E-state index in [1.165, 1.54) is 11.1 Å². The Hall–Kier alpha value is -1.55. The summed E-state index contributed by atoms with van der Waals surface area (Å²) in [6.07, 6.45) is 2.75. The number of fused-ring (bicyclic) bond motifs is 3. The highest BCUT2D eigenvalue weighted by Crippen LogP contribution is 2.43. The predicted molar refractivity (Wildman–Crippen MR) is 70.9 cm³/mol. The molecule has 0 aliphatic carbocycles. The zero-order valence-electron chi connectivity index (χ0n) is 10.9. The molecule has 1 aromatic carbocycles. The van der Waals surface area contributed by atoms with Crippen molar-refractivity contribution < 1.29 is 9.53 Å². The van der Waals surface area contributed by atoms with Crippen molar-refractivity contribution in [2.45, 2.75) is 30.9 Å². The summed E-state index contributed by atoms with van der Waals surface area (Å²) < 4.78 is 5.58. The highest BCUT2D eigenvalue weighted by molar-refractivity contribution is 5.70. The van der Waals surface area contributed by atoms with Gasteiger partial charge >= 0.3 is 6.09 Å². The zero-order valence-corrected chi connectivity index (χ0v) is 10.9. The fourth-order valence-corrected chi connectivity index (χ4v) is 3.77. The van der Waals surface area contributed by atoms with Crippen LogP contribution < -0.4 is 5.32 Å². The van der Waals surface area contributed by atoms with E-state index in [0.717, 1.165) is 32.4 Å². The normalized spacial score (nSPS) is 33.5. The van der Waals surface area contributed by atoms with Gasteiger partial charge in [-0.05, 0) is 17.5 Å². The van der Waals surface area contributed by atoms with Crippen molar-refractivity contribution >= 4 is 6.09 Å². The number of carbonyl (C=O) groups excluding carboxylic acids is 1. The van der Waals surface area contributed by atoms with Gasteiger partial charge in [0.15, 0.2) is 0 Å². The fraction of sp³-hybridized carbons (Fsp3) is 0.533. The highest BCUT2D eigenvalue weighted by atomic mass is 16.6. The van der Waals surface area contributed by atoms with Crippen molar-refractivity contribution in [1.29, 1.82) is 0 Å². The number of hydrogen-bond acceptors (Lipinski definition) is 3. The van der Waals surface area contributed by atoms with Gasteiger partial charge in [-0.25, -0.2) is 4.79 Å². The first-order valence-electron chi connectivity index (χ1n) is 7.05. The van der Waals surface area contributed by atoms with Crippen molar-refractivity contribution in [1.82, 2.24) is 10.2 Å². The van der Waals surface area contributed by atoms with Crippen LogP contribution in [-0.4, -0.2) is 36.2 Å². The van der Waals surface area contributed by atoms with Gasteiger partial charge in [0, 0.05) is 32.0 Å². The third kappa shape index (κ3) is 1.74. The number of hydrogen-bond donors (Lipinski definition) is 1. The van der Waals surface area contributed by atoms with E-state index < -0.39 is 0 Å². The Morgan fingerprint density at radius 2 is 2.21 bits per heavy atom. The van der Waals surface area contributed by atoms with Crippen LogP contribution in [0.25, 0.3) is 0 Å². The fourth-order valence-electron chi connectivity index (χ4n) is 3.77. The summed E-state index contributed by atoms with van der Waals surface area (Å²) in [6, 6.07) is 9.10. The van der Waals surface area contributed by atoms with Gasteiger partial charge in [0.1, 0.15) is 5.60 Å². The third-order valence-electron chi connectivity index (χ3n) is 4.81. The van der Waals surface area contributed by atoms with Crippen LogP contribution >= 0.6 is 0 Å². The number of ether oxygens (including phenoxy) is 1. The molecule has 0 unspecified atom stereocenters. The highest BCUT2D eigenvalue weighted by Gasteiger charge is 2.47. The van der Waals surface area contributed by atoms with Crippen LogP contribution in [-0.2, 0) is 11.2 Å². The molecular formula is C15H18N2O2. The average Bonchev–Trinajstić information content (AvgIpc) is 2.80. The second-order valence-corrected chi connectivity index (χ2v) is 5.88. The van der Waals surface area contributed by atoms with E-state index in [1.807, 2.05) is 0 Å². The number of nitrogens with one attached hydrogen (secondary N) is 1. The van der Waals surface area contributed by atoms with E-state index in [2.05, 4.69) is 34.5 Å². The first-order chi connectivity index (χ1) is 9.26. The van der Waals surface area contributed by atoms with Gasteiger partial charge in [0.25, 0.3) is 0 Å². The van der Waals surface area contributed by atoms with Crippen molar-refractivity contribution in [3.63, 3.8) is 0 Å². The lowest BCUT2D eigenvalue weighted by atomic mass is 9.79. The monoisotopic (exact) mass is 258 g/mol. The Balaban J connectivity index is 1.67. The van der Waals surface area contributed by atoms with Crippen molar-refractivity contribution in [2.24, 2.45) is 0 Å². The zero-order chi connectivity index (χ0) is 12.9. The molecule has 1 amide bonds. The Morgan fingerprint density at radius 1 is 1.32 bits per heavy atom. The van der Waals surface area contributed by atoms with Crippen molar-refractivity contribution in [3.05, 3.63) is 35.4 Å². The molecule has 19 heavy (non-hydrogen) atoms. The van der Waals surface area contributed by atoms with E-state index >= 15 is 0 Å². The molecule has 1 spiro atoms. The molecule has 1 aromatic rings. The largest absolute Gasteiger partial charge is 0.441 e. The lowest BCUT2D eigenvalue weighted by Gasteiger charge is -2.46. The maximum Gasteiger partial charge on any atom is 0.407 e. The van der Waals surface area contributed by atoms with Crippen LogP contribution in [0.1, 0.15) is 30.0 Å². The quantitative estimate of drug-likeness (QED) is 0.772. The predicted octanol–water partition coefficient (Wildman–Crippen LogP) is 1.86. The summed E-state index contributed by atoms with van der Waals surface area (Å²) >= 11 is 0. The second-order valence-electron chi connectivity index (χ2n) is 5.88. The van der Waals surface area contributed by atoms with E-state index in [-0.39, 0.29) is 11.7 Å². The van der Waals surface area contributed by atoms with Gasteiger partial charge in [-0.3, -0.25) is 4.90 Å². The van der Waals surface area contributed by atoms with E-state index in [9.17, 15) is 4.79 Å². The number of alkyl carbamates (subject to hydrolysis) is 1. The van der Waals surface area contributed by atoms with E-state index in [1.54, 1.807) is 0 Å².